The number of aliphatic carboxylic acids is 1. The van der Waals surface area contributed by atoms with Gasteiger partial charge in [0.15, 0.2) is 0 Å². The quantitative estimate of drug-likeness (QED) is 0.515. The van der Waals surface area contributed by atoms with E-state index in [0.717, 1.165) is 43.4 Å². The largest absolute Gasteiger partial charge is 0.481 e. The van der Waals surface area contributed by atoms with Crippen molar-refractivity contribution in [1.82, 2.24) is 0 Å². The van der Waals surface area contributed by atoms with Crippen LogP contribution in [0.2, 0.25) is 0 Å². The van der Waals surface area contributed by atoms with Gasteiger partial charge in [0.2, 0.25) is 0 Å². The van der Waals surface area contributed by atoms with Crippen molar-refractivity contribution in [2.45, 2.75) is 111 Å². The summed E-state index contributed by atoms with van der Waals surface area (Å²) in [6.07, 6.45) is 14.7. The summed E-state index contributed by atoms with van der Waals surface area (Å²) in [5, 5.41) is 20.5. The van der Waals surface area contributed by atoms with E-state index in [2.05, 4.69) is 20.8 Å². The molecule has 3 heteroatoms. The minimum Gasteiger partial charge on any atom is -0.481 e. The van der Waals surface area contributed by atoms with Gasteiger partial charge in [-0.3, -0.25) is 4.79 Å². The van der Waals surface area contributed by atoms with Crippen molar-refractivity contribution in [3.63, 3.8) is 0 Å². The molecule has 4 aliphatic rings. The lowest BCUT2D eigenvalue weighted by Gasteiger charge is -2.62. The van der Waals surface area contributed by atoms with Crippen molar-refractivity contribution in [2.24, 2.45) is 52.3 Å². The normalized spacial score (nSPS) is 47.6. The first-order valence-electron chi connectivity index (χ1n) is 13.1. The molecular formula is C27H46O3. The standard InChI is InChI=1S/C27H46O3/c1-17(8-7-9-18(2)25(29)30)20-11-12-21-24-22(13-15-27(20,21)4)26(3)14-6-5-10-19(26)16-23(24)28/h17-24,28H,5-16H2,1-4H3,(H,29,30)/t17-,18-,19-,20-,21?,22?,23-,24?,26+,27-/m1/s1. The van der Waals surface area contributed by atoms with Crippen molar-refractivity contribution in [3.05, 3.63) is 0 Å². The molecule has 4 fully saturated rings. The Labute approximate surface area is 184 Å². The van der Waals surface area contributed by atoms with Gasteiger partial charge in [0.05, 0.1) is 12.0 Å². The molecular weight excluding hydrogens is 372 g/mol. The molecule has 4 aliphatic carbocycles. The minimum absolute atomic E-state index is 0.0822. The molecule has 0 aromatic rings. The van der Waals surface area contributed by atoms with E-state index in [-0.39, 0.29) is 12.0 Å². The van der Waals surface area contributed by atoms with Crippen LogP contribution in [0, 0.1) is 52.3 Å². The van der Waals surface area contributed by atoms with Crippen LogP contribution in [-0.4, -0.2) is 22.3 Å². The second-order valence-corrected chi connectivity index (χ2v) is 12.4. The molecule has 4 saturated carbocycles. The number of carboxylic acids is 1. The number of hydrogen-bond acceptors (Lipinski definition) is 2. The lowest BCUT2D eigenvalue weighted by atomic mass is 9.44. The molecule has 0 saturated heterocycles. The Morgan fingerprint density at radius 2 is 1.70 bits per heavy atom. The van der Waals surface area contributed by atoms with Crippen LogP contribution in [0.5, 0.6) is 0 Å². The Hall–Kier alpha value is -0.570. The van der Waals surface area contributed by atoms with E-state index >= 15 is 0 Å². The van der Waals surface area contributed by atoms with E-state index in [0.29, 0.717) is 28.6 Å². The van der Waals surface area contributed by atoms with Gasteiger partial charge in [0, 0.05) is 0 Å². The fourth-order valence-electron chi connectivity index (χ4n) is 9.30. The molecule has 0 radical (unpaired) electrons. The molecule has 4 rings (SSSR count). The van der Waals surface area contributed by atoms with E-state index in [4.69, 9.17) is 5.11 Å². The van der Waals surface area contributed by atoms with Crippen LogP contribution >= 0.6 is 0 Å². The molecule has 172 valence electrons. The van der Waals surface area contributed by atoms with E-state index in [1.807, 2.05) is 6.92 Å². The lowest BCUT2D eigenvalue weighted by molar-refractivity contribution is -0.164. The Bertz CT molecular complexity index is 632. The third kappa shape index (κ3) is 3.65. The number of carbonyl (C=O) groups is 1. The van der Waals surface area contributed by atoms with Crippen molar-refractivity contribution in [3.8, 4) is 0 Å². The summed E-state index contributed by atoms with van der Waals surface area (Å²) < 4.78 is 0. The fourth-order valence-corrected chi connectivity index (χ4v) is 9.30. The van der Waals surface area contributed by atoms with Gasteiger partial charge in [-0.1, -0.05) is 53.4 Å². The summed E-state index contributed by atoms with van der Waals surface area (Å²) in [7, 11) is 0. The molecule has 3 unspecified atom stereocenters. The van der Waals surface area contributed by atoms with Crippen LogP contribution in [0.3, 0.4) is 0 Å². The SMILES string of the molecule is C[C@H](CCC[C@@H](C)[C@H]1CCC2C3C(CC[C@@]21C)[C@@]1(C)CCCC[C@@H]1C[C@H]3O)C(=O)O. The highest BCUT2D eigenvalue weighted by Crippen LogP contribution is 2.68. The zero-order valence-electron chi connectivity index (χ0n) is 19.9. The summed E-state index contributed by atoms with van der Waals surface area (Å²) in [5.74, 6) is 3.22. The summed E-state index contributed by atoms with van der Waals surface area (Å²) in [6.45, 7) is 9.40. The zero-order valence-corrected chi connectivity index (χ0v) is 19.9. The molecule has 0 bridgehead atoms. The summed E-state index contributed by atoms with van der Waals surface area (Å²) in [6, 6.07) is 0. The van der Waals surface area contributed by atoms with Crippen LogP contribution in [-0.2, 0) is 4.79 Å². The molecule has 30 heavy (non-hydrogen) atoms. The van der Waals surface area contributed by atoms with Crippen molar-refractivity contribution in [2.75, 3.05) is 0 Å². The monoisotopic (exact) mass is 418 g/mol. The second kappa shape index (κ2) is 8.41. The Balaban J connectivity index is 1.46. The molecule has 0 aromatic carbocycles. The molecule has 2 N–H and O–H groups in total. The Kier molecular flexibility index (Phi) is 6.34. The third-order valence-corrected chi connectivity index (χ3v) is 11.1. The van der Waals surface area contributed by atoms with Crippen molar-refractivity contribution < 1.29 is 15.0 Å². The van der Waals surface area contributed by atoms with Crippen molar-refractivity contribution in [1.29, 1.82) is 0 Å². The molecule has 0 spiro atoms. The van der Waals surface area contributed by atoms with Crippen LogP contribution in [0.4, 0.5) is 0 Å². The first-order chi connectivity index (χ1) is 14.2. The second-order valence-electron chi connectivity index (χ2n) is 12.4. The van der Waals surface area contributed by atoms with E-state index in [9.17, 15) is 9.90 Å². The maximum atomic E-state index is 11.3. The average Bonchev–Trinajstić information content (AvgIpc) is 3.05. The van der Waals surface area contributed by atoms with Gasteiger partial charge in [0.25, 0.3) is 0 Å². The molecule has 0 aromatic heterocycles. The number of hydrogen-bond donors (Lipinski definition) is 2. The third-order valence-electron chi connectivity index (χ3n) is 11.1. The number of rotatable bonds is 6. The first-order valence-corrected chi connectivity index (χ1v) is 13.1. The van der Waals surface area contributed by atoms with Gasteiger partial charge < -0.3 is 10.2 Å². The van der Waals surface area contributed by atoms with Gasteiger partial charge in [-0.25, -0.2) is 0 Å². The smallest absolute Gasteiger partial charge is 0.306 e. The van der Waals surface area contributed by atoms with E-state index < -0.39 is 5.97 Å². The van der Waals surface area contributed by atoms with Crippen molar-refractivity contribution >= 4 is 5.97 Å². The van der Waals surface area contributed by atoms with Crippen LogP contribution in [0.15, 0.2) is 0 Å². The minimum atomic E-state index is -0.658. The van der Waals surface area contributed by atoms with Crippen LogP contribution < -0.4 is 0 Å². The van der Waals surface area contributed by atoms with Crippen LogP contribution in [0.25, 0.3) is 0 Å². The maximum Gasteiger partial charge on any atom is 0.306 e. The topological polar surface area (TPSA) is 57.5 Å². The van der Waals surface area contributed by atoms with Gasteiger partial charge in [-0.15, -0.1) is 0 Å². The molecule has 3 nitrogen and oxygen atoms in total. The predicted octanol–water partition coefficient (Wildman–Crippen LogP) is 6.53. The molecule has 0 heterocycles. The highest BCUT2D eigenvalue weighted by molar-refractivity contribution is 5.69. The highest BCUT2D eigenvalue weighted by Gasteiger charge is 2.62. The van der Waals surface area contributed by atoms with E-state index in [1.54, 1.807) is 0 Å². The lowest BCUT2D eigenvalue weighted by Crippen LogP contribution is -2.57. The number of fused-ring (bicyclic) bond motifs is 5. The average molecular weight is 419 g/mol. The fraction of sp³-hybridized carbons (Fsp3) is 0.963. The summed E-state index contributed by atoms with van der Waals surface area (Å²) in [5.41, 5.74) is 0.845. The highest BCUT2D eigenvalue weighted by atomic mass is 16.4. The Morgan fingerprint density at radius 1 is 0.967 bits per heavy atom. The summed E-state index contributed by atoms with van der Waals surface area (Å²) in [4.78, 5) is 11.1. The van der Waals surface area contributed by atoms with Gasteiger partial charge in [-0.2, -0.15) is 0 Å². The van der Waals surface area contributed by atoms with Gasteiger partial charge in [0.1, 0.15) is 0 Å². The maximum absolute atomic E-state index is 11.3. The number of carboxylic acid groups (broad SMARTS) is 1. The van der Waals surface area contributed by atoms with E-state index in [1.165, 1.54) is 51.4 Å². The van der Waals surface area contributed by atoms with Crippen LogP contribution in [0.1, 0.15) is 105 Å². The molecule has 0 amide bonds. The zero-order chi connectivity index (χ0) is 21.7. The first kappa shape index (κ1) is 22.6. The molecule has 10 atom stereocenters. The summed E-state index contributed by atoms with van der Waals surface area (Å²) >= 11 is 0. The van der Waals surface area contributed by atoms with Gasteiger partial charge in [-0.05, 0) is 97.7 Å². The number of aliphatic hydroxyl groups is 1. The molecule has 0 aliphatic heterocycles. The Morgan fingerprint density at radius 3 is 2.43 bits per heavy atom. The predicted molar refractivity (Wildman–Crippen MR) is 121 cm³/mol. The number of aliphatic hydroxyl groups excluding tert-OH is 1. The van der Waals surface area contributed by atoms with Gasteiger partial charge >= 0.3 is 5.97 Å².